The number of hydrogen-bond donors (Lipinski definition) is 1. The van der Waals surface area contributed by atoms with Crippen molar-refractivity contribution >= 4 is 0 Å². The molecule has 0 radical (unpaired) electrons. The molecule has 1 aliphatic rings. The van der Waals surface area contributed by atoms with Crippen LogP contribution in [0.2, 0.25) is 0 Å². The molecule has 0 aliphatic heterocycles. The SMILES string of the molecule is CCC1CCCC(CN(CCOC)C(C)(C)CO)C1. The molecule has 1 N–H and O–H groups in total. The predicted octanol–water partition coefficient (Wildman–Crippen LogP) is 2.92. The summed E-state index contributed by atoms with van der Waals surface area (Å²) in [4.78, 5) is 2.42. The van der Waals surface area contributed by atoms with E-state index in [1.54, 1.807) is 7.11 Å². The zero-order chi connectivity index (χ0) is 14.3. The molecule has 1 rings (SSSR count). The molecule has 3 nitrogen and oxygen atoms in total. The number of hydrogen-bond acceptors (Lipinski definition) is 3. The number of aliphatic hydroxyl groups is 1. The molecule has 2 unspecified atom stereocenters. The molecule has 0 amide bonds. The molecule has 0 spiro atoms. The van der Waals surface area contributed by atoms with Crippen LogP contribution in [0, 0.1) is 11.8 Å². The van der Waals surface area contributed by atoms with Gasteiger partial charge in [0.05, 0.1) is 13.2 Å². The zero-order valence-corrected chi connectivity index (χ0v) is 13.3. The Bertz CT molecular complexity index is 243. The quantitative estimate of drug-likeness (QED) is 0.737. The van der Waals surface area contributed by atoms with Crippen LogP contribution in [0.1, 0.15) is 52.9 Å². The van der Waals surface area contributed by atoms with Crippen molar-refractivity contribution in [1.29, 1.82) is 0 Å². The van der Waals surface area contributed by atoms with Gasteiger partial charge < -0.3 is 9.84 Å². The van der Waals surface area contributed by atoms with Crippen molar-refractivity contribution in [2.75, 3.05) is 33.4 Å². The fraction of sp³-hybridized carbons (Fsp3) is 1.00. The van der Waals surface area contributed by atoms with E-state index < -0.39 is 0 Å². The second kappa shape index (κ2) is 8.23. The van der Waals surface area contributed by atoms with Crippen molar-refractivity contribution in [3.8, 4) is 0 Å². The largest absolute Gasteiger partial charge is 0.394 e. The monoisotopic (exact) mass is 271 g/mol. The Morgan fingerprint density at radius 2 is 1.95 bits per heavy atom. The van der Waals surface area contributed by atoms with Crippen molar-refractivity contribution in [1.82, 2.24) is 4.90 Å². The van der Waals surface area contributed by atoms with Crippen LogP contribution in [0.4, 0.5) is 0 Å². The smallest absolute Gasteiger partial charge is 0.0610 e. The van der Waals surface area contributed by atoms with Gasteiger partial charge in [-0.25, -0.2) is 0 Å². The normalized spacial score (nSPS) is 24.9. The molecule has 0 aromatic rings. The van der Waals surface area contributed by atoms with Crippen LogP contribution in [0.3, 0.4) is 0 Å². The first-order chi connectivity index (χ1) is 9.03. The van der Waals surface area contributed by atoms with E-state index in [-0.39, 0.29) is 12.1 Å². The molecule has 1 aliphatic carbocycles. The Morgan fingerprint density at radius 1 is 1.26 bits per heavy atom. The van der Waals surface area contributed by atoms with Gasteiger partial charge in [-0.2, -0.15) is 0 Å². The number of nitrogens with zero attached hydrogens (tertiary/aromatic N) is 1. The number of aliphatic hydroxyl groups excluding tert-OH is 1. The Balaban J connectivity index is 2.55. The molecule has 0 heterocycles. The molecule has 0 saturated heterocycles. The average Bonchev–Trinajstić information content (AvgIpc) is 2.43. The van der Waals surface area contributed by atoms with Crippen LogP contribution in [0.5, 0.6) is 0 Å². The highest BCUT2D eigenvalue weighted by atomic mass is 16.5. The Morgan fingerprint density at radius 3 is 2.53 bits per heavy atom. The van der Waals surface area contributed by atoms with Crippen LogP contribution >= 0.6 is 0 Å². The molecule has 3 heteroatoms. The number of ether oxygens (including phenoxy) is 1. The summed E-state index contributed by atoms with van der Waals surface area (Å²) < 4.78 is 5.22. The van der Waals surface area contributed by atoms with E-state index in [1.807, 2.05) is 0 Å². The molecular formula is C16H33NO2. The molecule has 0 aromatic heterocycles. The standard InChI is InChI=1S/C16H33NO2/c1-5-14-7-6-8-15(11-14)12-17(9-10-19-4)16(2,3)13-18/h14-15,18H,5-13H2,1-4H3. The Labute approximate surface area is 119 Å². The van der Waals surface area contributed by atoms with Gasteiger partial charge in [-0.15, -0.1) is 0 Å². The molecule has 114 valence electrons. The van der Waals surface area contributed by atoms with Crippen molar-refractivity contribution in [3.63, 3.8) is 0 Å². The van der Waals surface area contributed by atoms with Gasteiger partial charge in [0.1, 0.15) is 0 Å². The van der Waals surface area contributed by atoms with E-state index >= 15 is 0 Å². The van der Waals surface area contributed by atoms with Gasteiger partial charge in [-0.05, 0) is 38.5 Å². The summed E-state index contributed by atoms with van der Waals surface area (Å²) in [5.74, 6) is 1.71. The van der Waals surface area contributed by atoms with Crippen molar-refractivity contribution in [2.45, 2.75) is 58.4 Å². The Kier molecular flexibility index (Phi) is 7.33. The third kappa shape index (κ3) is 5.41. The predicted molar refractivity (Wildman–Crippen MR) is 80.4 cm³/mol. The van der Waals surface area contributed by atoms with Gasteiger partial charge in [0.15, 0.2) is 0 Å². The van der Waals surface area contributed by atoms with Crippen molar-refractivity contribution < 1.29 is 9.84 Å². The van der Waals surface area contributed by atoms with Crippen molar-refractivity contribution in [3.05, 3.63) is 0 Å². The van der Waals surface area contributed by atoms with Gasteiger partial charge >= 0.3 is 0 Å². The highest BCUT2D eigenvalue weighted by Gasteiger charge is 2.30. The van der Waals surface area contributed by atoms with Gasteiger partial charge in [-0.3, -0.25) is 4.90 Å². The maximum Gasteiger partial charge on any atom is 0.0610 e. The molecule has 2 atom stereocenters. The minimum atomic E-state index is -0.141. The maximum absolute atomic E-state index is 9.61. The average molecular weight is 271 g/mol. The van der Waals surface area contributed by atoms with Crippen LogP contribution in [-0.2, 0) is 4.74 Å². The van der Waals surface area contributed by atoms with Crippen LogP contribution in [0.15, 0.2) is 0 Å². The maximum atomic E-state index is 9.61. The topological polar surface area (TPSA) is 32.7 Å². The van der Waals surface area contributed by atoms with E-state index in [2.05, 4.69) is 25.7 Å². The van der Waals surface area contributed by atoms with E-state index in [4.69, 9.17) is 4.74 Å². The molecule has 19 heavy (non-hydrogen) atoms. The summed E-state index contributed by atoms with van der Waals surface area (Å²) >= 11 is 0. The zero-order valence-electron chi connectivity index (χ0n) is 13.3. The van der Waals surface area contributed by atoms with Crippen LogP contribution < -0.4 is 0 Å². The second-order valence-electron chi connectivity index (χ2n) is 6.72. The van der Waals surface area contributed by atoms with Crippen LogP contribution in [-0.4, -0.2) is 49.0 Å². The number of rotatable bonds is 8. The molecule has 1 fully saturated rings. The fourth-order valence-electron chi connectivity index (χ4n) is 3.19. The first-order valence-electron chi connectivity index (χ1n) is 7.88. The molecular weight excluding hydrogens is 238 g/mol. The lowest BCUT2D eigenvalue weighted by Crippen LogP contribution is -2.50. The van der Waals surface area contributed by atoms with Gasteiger partial charge in [0, 0.05) is 25.7 Å². The van der Waals surface area contributed by atoms with Gasteiger partial charge in [0.2, 0.25) is 0 Å². The summed E-state index contributed by atoms with van der Waals surface area (Å²) in [6.07, 6.45) is 6.82. The first kappa shape index (κ1) is 16.9. The minimum Gasteiger partial charge on any atom is -0.394 e. The van der Waals surface area contributed by atoms with E-state index in [0.29, 0.717) is 0 Å². The third-order valence-corrected chi connectivity index (χ3v) is 4.76. The lowest BCUT2D eigenvalue weighted by Gasteiger charge is -2.41. The summed E-state index contributed by atoms with van der Waals surface area (Å²) in [5, 5.41) is 9.61. The first-order valence-corrected chi connectivity index (χ1v) is 7.88. The molecule has 1 saturated carbocycles. The summed E-state index contributed by atoms with van der Waals surface area (Å²) in [7, 11) is 1.75. The van der Waals surface area contributed by atoms with E-state index in [9.17, 15) is 5.11 Å². The summed E-state index contributed by atoms with van der Waals surface area (Å²) in [6, 6.07) is 0. The second-order valence-corrected chi connectivity index (χ2v) is 6.72. The van der Waals surface area contributed by atoms with E-state index in [1.165, 1.54) is 32.1 Å². The van der Waals surface area contributed by atoms with Gasteiger partial charge in [0.25, 0.3) is 0 Å². The lowest BCUT2D eigenvalue weighted by atomic mass is 9.79. The molecule has 0 aromatic carbocycles. The number of methoxy groups -OCH3 is 1. The summed E-state index contributed by atoms with van der Waals surface area (Å²) in [5.41, 5.74) is -0.141. The third-order valence-electron chi connectivity index (χ3n) is 4.76. The lowest BCUT2D eigenvalue weighted by molar-refractivity contribution is 0.0175. The summed E-state index contributed by atoms with van der Waals surface area (Å²) in [6.45, 7) is 9.54. The highest BCUT2D eigenvalue weighted by molar-refractivity contribution is 4.84. The van der Waals surface area contributed by atoms with Crippen molar-refractivity contribution in [2.24, 2.45) is 11.8 Å². The fourth-order valence-corrected chi connectivity index (χ4v) is 3.19. The Hall–Kier alpha value is -0.120. The molecule has 0 bridgehead atoms. The minimum absolute atomic E-state index is 0.141. The highest BCUT2D eigenvalue weighted by Crippen LogP contribution is 2.32. The van der Waals surface area contributed by atoms with Gasteiger partial charge in [-0.1, -0.05) is 26.2 Å². The van der Waals surface area contributed by atoms with E-state index in [0.717, 1.165) is 31.5 Å². The van der Waals surface area contributed by atoms with Crippen LogP contribution in [0.25, 0.3) is 0 Å².